The molecule has 3 heterocycles. The Balaban J connectivity index is 1.89. The van der Waals surface area contributed by atoms with Crippen LogP contribution in [-0.2, 0) is 17.8 Å². The number of carbonyl (C=O) groups is 1. The summed E-state index contributed by atoms with van der Waals surface area (Å²) in [7, 11) is 1.61. The van der Waals surface area contributed by atoms with E-state index in [-0.39, 0.29) is 28.1 Å². The van der Waals surface area contributed by atoms with Crippen LogP contribution in [-0.4, -0.2) is 34.2 Å². The predicted molar refractivity (Wildman–Crippen MR) is 94.9 cm³/mol. The van der Waals surface area contributed by atoms with Gasteiger partial charge in [-0.25, -0.2) is 4.98 Å². The number of furan rings is 1. The Morgan fingerprint density at radius 1 is 1.42 bits per heavy atom. The van der Waals surface area contributed by atoms with E-state index in [1.54, 1.807) is 32.5 Å². The van der Waals surface area contributed by atoms with E-state index in [1.165, 1.54) is 10.9 Å². The zero-order valence-electron chi connectivity index (χ0n) is 14.7. The van der Waals surface area contributed by atoms with Gasteiger partial charge in [0.25, 0.3) is 11.5 Å². The number of amides is 1. The number of methoxy groups -OCH3 is 1. The smallest absolute Gasteiger partial charge is 0.265 e. The highest BCUT2D eigenvalue weighted by Crippen LogP contribution is 2.20. The minimum absolute atomic E-state index is 0.169. The highest BCUT2D eigenvalue weighted by molar-refractivity contribution is 6.06. The Labute approximate surface area is 149 Å². The molecule has 0 aliphatic heterocycles. The molecule has 8 nitrogen and oxygen atoms in total. The van der Waals surface area contributed by atoms with E-state index in [1.807, 2.05) is 6.07 Å². The van der Waals surface area contributed by atoms with E-state index >= 15 is 0 Å². The van der Waals surface area contributed by atoms with Gasteiger partial charge in [0, 0.05) is 39.2 Å². The molecule has 0 saturated heterocycles. The monoisotopic (exact) mass is 356 g/mol. The van der Waals surface area contributed by atoms with E-state index in [0.29, 0.717) is 31.9 Å². The van der Waals surface area contributed by atoms with E-state index in [4.69, 9.17) is 9.15 Å². The summed E-state index contributed by atoms with van der Waals surface area (Å²) in [5, 5.41) is 3.00. The van der Waals surface area contributed by atoms with Crippen LogP contribution in [0.3, 0.4) is 0 Å². The molecule has 0 radical (unpaired) electrons. The molecule has 1 amide bonds. The molecule has 3 aromatic rings. The fourth-order valence-corrected chi connectivity index (χ4v) is 2.72. The van der Waals surface area contributed by atoms with E-state index in [2.05, 4.69) is 15.3 Å². The normalized spacial score (nSPS) is 11.0. The first-order chi connectivity index (χ1) is 12.6. The fourth-order valence-electron chi connectivity index (χ4n) is 2.72. The van der Waals surface area contributed by atoms with E-state index < -0.39 is 0 Å². The number of aromatic nitrogens is 3. The number of hydrogen-bond donors (Lipinski definition) is 1. The van der Waals surface area contributed by atoms with Crippen molar-refractivity contribution >= 4 is 17.0 Å². The van der Waals surface area contributed by atoms with Gasteiger partial charge in [-0.3, -0.25) is 19.1 Å². The molecule has 0 aliphatic rings. The van der Waals surface area contributed by atoms with Gasteiger partial charge in [0.2, 0.25) is 5.71 Å². The Morgan fingerprint density at radius 3 is 3.00 bits per heavy atom. The van der Waals surface area contributed by atoms with Crippen molar-refractivity contribution in [3.8, 4) is 0 Å². The third-order valence-electron chi connectivity index (χ3n) is 4.01. The van der Waals surface area contributed by atoms with Crippen LogP contribution >= 0.6 is 0 Å². The Hall–Kier alpha value is -3.00. The molecule has 0 atom stereocenters. The van der Waals surface area contributed by atoms with Gasteiger partial charge >= 0.3 is 0 Å². The van der Waals surface area contributed by atoms with Crippen LogP contribution in [0, 0.1) is 6.92 Å². The molecule has 0 bridgehead atoms. The molecule has 0 saturated carbocycles. The summed E-state index contributed by atoms with van der Waals surface area (Å²) in [6.45, 7) is 2.94. The number of rotatable bonds is 7. The molecule has 0 aliphatic carbocycles. The lowest BCUT2D eigenvalue weighted by Crippen LogP contribution is -2.27. The minimum Gasteiger partial charge on any atom is -0.442 e. The van der Waals surface area contributed by atoms with Gasteiger partial charge in [0.15, 0.2) is 0 Å². The summed E-state index contributed by atoms with van der Waals surface area (Å²) < 4.78 is 12.0. The molecule has 8 heteroatoms. The number of ether oxygens (including phenoxy) is 1. The number of hydrogen-bond acceptors (Lipinski definition) is 6. The molecule has 0 fully saturated rings. The second-order valence-corrected chi connectivity index (χ2v) is 5.85. The van der Waals surface area contributed by atoms with Crippen LogP contribution in [0.15, 0.2) is 40.1 Å². The third kappa shape index (κ3) is 3.65. The van der Waals surface area contributed by atoms with Gasteiger partial charge in [-0.2, -0.15) is 0 Å². The van der Waals surface area contributed by atoms with Gasteiger partial charge in [0.05, 0.1) is 5.56 Å². The van der Waals surface area contributed by atoms with Crippen molar-refractivity contribution < 1.29 is 13.9 Å². The predicted octanol–water partition coefficient (Wildman–Crippen LogP) is 1.66. The number of nitrogens with zero attached hydrogens (tertiary/aromatic N) is 3. The summed E-state index contributed by atoms with van der Waals surface area (Å²) >= 11 is 0. The highest BCUT2D eigenvalue weighted by Gasteiger charge is 2.22. The number of fused-ring (bicyclic) bond motifs is 1. The van der Waals surface area contributed by atoms with Gasteiger partial charge in [-0.05, 0) is 25.0 Å². The second kappa shape index (κ2) is 7.92. The van der Waals surface area contributed by atoms with Crippen molar-refractivity contribution in [1.29, 1.82) is 0 Å². The number of pyridine rings is 1. The van der Waals surface area contributed by atoms with Crippen LogP contribution in [0.5, 0.6) is 0 Å². The van der Waals surface area contributed by atoms with Crippen molar-refractivity contribution in [2.45, 2.75) is 26.4 Å². The van der Waals surface area contributed by atoms with Crippen LogP contribution in [0.2, 0.25) is 0 Å². The number of nitrogens with one attached hydrogen (secondary N) is 1. The first-order valence-electron chi connectivity index (χ1n) is 8.26. The zero-order chi connectivity index (χ0) is 18.5. The molecular formula is C18H20N4O4. The lowest BCUT2D eigenvalue weighted by molar-refractivity contribution is 0.0950. The van der Waals surface area contributed by atoms with Gasteiger partial charge in [-0.15, -0.1) is 0 Å². The fraction of sp³-hybridized carbons (Fsp3) is 0.333. The third-order valence-corrected chi connectivity index (χ3v) is 4.01. The molecule has 0 spiro atoms. The summed E-state index contributed by atoms with van der Waals surface area (Å²) in [5.41, 5.74) is 0.959. The average molecular weight is 356 g/mol. The van der Waals surface area contributed by atoms with Crippen LogP contribution in [0.25, 0.3) is 11.1 Å². The quantitative estimate of drug-likeness (QED) is 0.646. The topological polar surface area (TPSA) is 99.2 Å². The van der Waals surface area contributed by atoms with Gasteiger partial charge in [0.1, 0.15) is 17.5 Å². The Morgan fingerprint density at radius 2 is 2.27 bits per heavy atom. The maximum Gasteiger partial charge on any atom is 0.265 e. The van der Waals surface area contributed by atoms with Gasteiger partial charge in [-0.1, -0.05) is 6.07 Å². The Bertz CT molecular complexity index is 962. The SMILES string of the molecule is COCCCn1cnc2oc(C)c(C(=O)NCc3cccnc3)c2c1=O. The molecule has 0 unspecified atom stereocenters. The summed E-state index contributed by atoms with van der Waals surface area (Å²) in [6, 6.07) is 3.65. The summed E-state index contributed by atoms with van der Waals surface area (Å²) in [5.74, 6) is -0.0124. The van der Waals surface area contributed by atoms with Crippen LogP contribution in [0.4, 0.5) is 0 Å². The maximum atomic E-state index is 12.8. The Kier molecular flexibility index (Phi) is 5.43. The van der Waals surface area contributed by atoms with Crippen LogP contribution < -0.4 is 10.9 Å². The maximum absolute atomic E-state index is 12.8. The standard InChI is InChI=1S/C18H20N4O4/c1-12-14(16(23)20-10-13-5-3-6-19-9-13)15-17(26-12)21-11-22(18(15)24)7-4-8-25-2/h3,5-6,9,11H,4,7-8,10H2,1-2H3,(H,20,23). The van der Waals surface area contributed by atoms with Gasteiger partial charge < -0.3 is 14.5 Å². The second-order valence-electron chi connectivity index (χ2n) is 5.85. The van der Waals surface area contributed by atoms with Crippen molar-refractivity contribution in [3.63, 3.8) is 0 Å². The van der Waals surface area contributed by atoms with Crippen molar-refractivity contribution in [1.82, 2.24) is 19.9 Å². The lowest BCUT2D eigenvalue weighted by atomic mass is 10.1. The minimum atomic E-state index is -0.376. The molecule has 136 valence electrons. The van der Waals surface area contributed by atoms with Crippen molar-refractivity contribution in [2.24, 2.45) is 0 Å². The largest absolute Gasteiger partial charge is 0.442 e. The van der Waals surface area contributed by atoms with E-state index in [0.717, 1.165) is 5.56 Å². The molecule has 3 rings (SSSR count). The molecule has 0 aromatic carbocycles. The highest BCUT2D eigenvalue weighted by atomic mass is 16.5. The lowest BCUT2D eigenvalue weighted by Gasteiger charge is -2.06. The van der Waals surface area contributed by atoms with Crippen LogP contribution in [0.1, 0.15) is 28.1 Å². The summed E-state index contributed by atoms with van der Waals surface area (Å²) in [4.78, 5) is 33.6. The first-order valence-corrected chi connectivity index (χ1v) is 8.26. The molecule has 1 N–H and O–H groups in total. The van der Waals surface area contributed by atoms with Crippen molar-refractivity contribution in [2.75, 3.05) is 13.7 Å². The first kappa shape index (κ1) is 17.8. The molecule has 26 heavy (non-hydrogen) atoms. The van der Waals surface area contributed by atoms with E-state index in [9.17, 15) is 9.59 Å². The summed E-state index contributed by atoms with van der Waals surface area (Å²) in [6.07, 6.45) is 5.44. The average Bonchev–Trinajstić information content (AvgIpc) is 2.99. The molecular weight excluding hydrogens is 336 g/mol. The van der Waals surface area contributed by atoms with Crippen molar-refractivity contribution in [3.05, 3.63) is 58.1 Å². The zero-order valence-corrected chi connectivity index (χ0v) is 14.7. The molecule has 3 aromatic heterocycles. The number of aryl methyl sites for hydroxylation is 2. The number of carbonyl (C=O) groups excluding carboxylic acids is 1.